The summed E-state index contributed by atoms with van der Waals surface area (Å²) in [7, 11) is 0. The van der Waals surface area contributed by atoms with E-state index in [0.29, 0.717) is 39.2 Å². The van der Waals surface area contributed by atoms with Gasteiger partial charge in [-0.2, -0.15) is 0 Å². The average Bonchev–Trinajstić information content (AvgIpc) is 3.19. The maximum Gasteiger partial charge on any atom is 0.336 e. The van der Waals surface area contributed by atoms with Crippen molar-refractivity contribution in [3.05, 3.63) is 89.5 Å². The summed E-state index contributed by atoms with van der Waals surface area (Å²) in [4.78, 5) is 28.3. The largest absolute Gasteiger partial charge is 0.478 e. The van der Waals surface area contributed by atoms with E-state index in [-0.39, 0.29) is 11.1 Å². The first kappa shape index (κ1) is 21.2. The van der Waals surface area contributed by atoms with Gasteiger partial charge in [-0.3, -0.25) is 4.79 Å². The first-order valence-corrected chi connectivity index (χ1v) is 11.2. The molecule has 0 fully saturated rings. The molecule has 1 aliphatic rings. The Balaban J connectivity index is 1.88. The van der Waals surface area contributed by atoms with Crippen molar-refractivity contribution < 1.29 is 14.7 Å². The number of thiophene rings is 1. The van der Waals surface area contributed by atoms with Crippen LogP contribution in [0.25, 0.3) is 0 Å². The Morgan fingerprint density at radius 3 is 2.57 bits per heavy atom. The van der Waals surface area contributed by atoms with E-state index in [1.165, 1.54) is 17.0 Å². The minimum absolute atomic E-state index is 0.0555. The Labute approximate surface area is 192 Å². The Hall–Kier alpha value is -2.05. The molecular formula is C22H16Cl3NO3S. The molecule has 2 aromatic carbocycles. The van der Waals surface area contributed by atoms with Gasteiger partial charge in [0.1, 0.15) is 0 Å². The Kier molecular flexibility index (Phi) is 5.82. The van der Waals surface area contributed by atoms with E-state index in [2.05, 4.69) is 0 Å². The zero-order chi connectivity index (χ0) is 21.6. The number of aromatic carboxylic acids is 1. The molecule has 4 nitrogen and oxygen atoms in total. The van der Waals surface area contributed by atoms with Crippen molar-refractivity contribution in [3.8, 4) is 0 Å². The highest BCUT2D eigenvalue weighted by Crippen LogP contribution is 2.42. The fraction of sp³-hybridized carbons (Fsp3) is 0.182. The van der Waals surface area contributed by atoms with Crippen LogP contribution in [0, 0.1) is 6.92 Å². The van der Waals surface area contributed by atoms with Crippen molar-refractivity contribution >= 4 is 58.0 Å². The number of aryl methyl sites for hydroxylation is 1. The first-order chi connectivity index (χ1) is 14.3. The van der Waals surface area contributed by atoms with Crippen molar-refractivity contribution in [1.82, 2.24) is 4.90 Å². The Morgan fingerprint density at radius 2 is 1.83 bits per heavy atom. The molecule has 8 heteroatoms. The van der Waals surface area contributed by atoms with Crippen LogP contribution < -0.4 is 0 Å². The number of halogens is 3. The summed E-state index contributed by atoms with van der Waals surface area (Å²) < 4.78 is 0. The highest BCUT2D eigenvalue weighted by atomic mass is 35.5. The van der Waals surface area contributed by atoms with E-state index in [0.717, 1.165) is 5.56 Å². The van der Waals surface area contributed by atoms with Gasteiger partial charge < -0.3 is 10.0 Å². The summed E-state index contributed by atoms with van der Waals surface area (Å²) in [5, 5.41) is 12.8. The van der Waals surface area contributed by atoms with Crippen LogP contribution in [0.3, 0.4) is 0 Å². The molecule has 0 aliphatic carbocycles. The number of hydrogen-bond donors (Lipinski definition) is 1. The lowest BCUT2D eigenvalue weighted by atomic mass is 9.91. The lowest BCUT2D eigenvalue weighted by Gasteiger charge is -2.37. The average molecular weight is 481 g/mol. The summed E-state index contributed by atoms with van der Waals surface area (Å²) in [5.74, 6) is -1.59. The highest BCUT2D eigenvalue weighted by molar-refractivity contribution is 7.10. The third-order valence-corrected chi connectivity index (χ3v) is 7.50. The Morgan fingerprint density at radius 1 is 1.07 bits per heavy atom. The van der Waals surface area contributed by atoms with Gasteiger partial charge in [0, 0.05) is 16.4 Å². The summed E-state index contributed by atoms with van der Waals surface area (Å²) >= 11 is 20.6. The predicted octanol–water partition coefficient (Wildman–Crippen LogP) is 6.50. The number of fused-ring (bicyclic) bond motifs is 1. The molecule has 1 unspecified atom stereocenters. The molecule has 1 aromatic heterocycles. The number of benzene rings is 2. The molecular weight excluding hydrogens is 465 g/mol. The van der Waals surface area contributed by atoms with Gasteiger partial charge in [0.15, 0.2) is 0 Å². The minimum Gasteiger partial charge on any atom is -0.478 e. The molecule has 154 valence electrons. The molecule has 0 saturated carbocycles. The lowest BCUT2D eigenvalue weighted by Crippen LogP contribution is -2.40. The molecule has 1 N–H and O–H groups in total. The maximum atomic E-state index is 13.6. The summed E-state index contributed by atoms with van der Waals surface area (Å²) in [5.41, 5.74) is 2.25. The second-order valence-electron chi connectivity index (χ2n) is 7.05. The second kappa shape index (κ2) is 8.23. The minimum atomic E-state index is -1.18. The third-order valence-electron chi connectivity index (χ3n) is 5.26. The monoisotopic (exact) mass is 479 g/mol. The van der Waals surface area contributed by atoms with Gasteiger partial charge in [-0.05, 0) is 59.7 Å². The van der Waals surface area contributed by atoms with Crippen LogP contribution in [-0.2, 0) is 6.42 Å². The van der Waals surface area contributed by atoms with Gasteiger partial charge in [0.2, 0.25) is 0 Å². The van der Waals surface area contributed by atoms with Gasteiger partial charge in [-0.1, -0.05) is 46.9 Å². The van der Waals surface area contributed by atoms with Crippen LogP contribution in [-0.4, -0.2) is 28.4 Å². The SMILES string of the molecule is Cc1cc(C(=O)O)c(C(=O)N2CCc3sccc3C2c2cccc(Cl)c2Cl)cc1Cl. The summed E-state index contributed by atoms with van der Waals surface area (Å²) in [6.45, 7) is 2.13. The number of carbonyl (C=O) groups is 2. The van der Waals surface area contributed by atoms with Gasteiger partial charge in [-0.15, -0.1) is 11.3 Å². The summed E-state index contributed by atoms with van der Waals surface area (Å²) in [6, 6.07) is 9.69. The number of hydrogen-bond acceptors (Lipinski definition) is 3. The van der Waals surface area contributed by atoms with Crippen molar-refractivity contribution in [2.24, 2.45) is 0 Å². The van der Waals surface area contributed by atoms with Crippen LogP contribution in [0.5, 0.6) is 0 Å². The van der Waals surface area contributed by atoms with Crippen LogP contribution in [0.4, 0.5) is 0 Å². The van der Waals surface area contributed by atoms with E-state index in [1.807, 2.05) is 17.5 Å². The lowest BCUT2D eigenvalue weighted by molar-refractivity contribution is 0.0654. The molecule has 4 rings (SSSR count). The third kappa shape index (κ3) is 3.60. The van der Waals surface area contributed by atoms with Crippen LogP contribution >= 0.6 is 46.1 Å². The second-order valence-corrected chi connectivity index (χ2v) is 9.24. The molecule has 3 aromatic rings. The van der Waals surface area contributed by atoms with Crippen molar-refractivity contribution in [3.63, 3.8) is 0 Å². The van der Waals surface area contributed by atoms with Crippen molar-refractivity contribution in [2.75, 3.05) is 6.54 Å². The highest BCUT2D eigenvalue weighted by Gasteiger charge is 2.36. The Bertz CT molecular complexity index is 1170. The summed E-state index contributed by atoms with van der Waals surface area (Å²) in [6.07, 6.45) is 0.676. The van der Waals surface area contributed by atoms with E-state index >= 15 is 0 Å². The standard InChI is InChI=1S/C22H16Cl3NO3S/c1-11-9-15(22(28)29)14(10-17(11)24)21(27)26-7-5-18-12(6-8-30-18)20(26)13-3-2-4-16(23)19(13)25/h2-4,6,8-10,20H,5,7H2,1H3,(H,28,29). The normalized spacial score (nSPS) is 15.7. The fourth-order valence-corrected chi connectivity index (χ4v) is 5.27. The maximum absolute atomic E-state index is 13.6. The van der Waals surface area contributed by atoms with Crippen LogP contribution in [0.15, 0.2) is 41.8 Å². The van der Waals surface area contributed by atoms with E-state index in [9.17, 15) is 14.7 Å². The fourth-order valence-electron chi connectivity index (χ4n) is 3.79. The van der Waals surface area contributed by atoms with E-state index < -0.39 is 17.9 Å². The van der Waals surface area contributed by atoms with Crippen molar-refractivity contribution in [2.45, 2.75) is 19.4 Å². The number of amides is 1. The van der Waals surface area contributed by atoms with Crippen LogP contribution in [0.2, 0.25) is 15.1 Å². The first-order valence-electron chi connectivity index (χ1n) is 9.14. The molecule has 30 heavy (non-hydrogen) atoms. The molecule has 0 bridgehead atoms. The van der Waals surface area contributed by atoms with E-state index in [4.69, 9.17) is 34.8 Å². The molecule has 0 spiro atoms. The van der Waals surface area contributed by atoms with Crippen LogP contribution in [0.1, 0.15) is 48.3 Å². The number of carboxylic acid groups (broad SMARTS) is 1. The number of nitrogens with zero attached hydrogens (tertiary/aromatic N) is 1. The number of carboxylic acids is 1. The van der Waals surface area contributed by atoms with Gasteiger partial charge in [-0.25, -0.2) is 4.79 Å². The molecule has 2 heterocycles. The molecule has 0 radical (unpaired) electrons. The van der Waals surface area contributed by atoms with Gasteiger partial charge in [0.25, 0.3) is 5.91 Å². The van der Waals surface area contributed by atoms with Gasteiger partial charge in [0.05, 0.1) is 27.2 Å². The number of rotatable bonds is 3. The van der Waals surface area contributed by atoms with E-state index in [1.54, 1.807) is 35.3 Å². The quantitative estimate of drug-likeness (QED) is 0.465. The smallest absolute Gasteiger partial charge is 0.336 e. The zero-order valence-electron chi connectivity index (χ0n) is 15.8. The van der Waals surface area contributed by atoms with Gasteiger partial charge >= 0.3 is 5.97 Å². The molecule has 1 amide bonds. The van der Waals surface area contributed by atoms with Crippen molar-refractivity contribution in [1.29, 1.82) is 0 Å². The molecule has 1 atom stereocenters. The topological polar surface area (TPSA) is 57.6 Å². The predicted molar refractivity (Wildman–Crippen MR) is 121 cm³/mol. The molecule has 0 saturated heterocycles. The molecule has 1 aliphatic heterocycles. The number of carbonyl (C=O) groups excluding carboxylic acids is 1. The zero-order valence-corrected chi connectivity index (χ0v) is 18.9.